The molecule has 1 aromatic rings. The van der Waals surface area contributed by atoms with Crippen LogP contribution in [0.25, 0.3) is 0 Å². The van der Waals surface area contributed by atoms with Gasteiger partial charge in [0, 0.05) is 0 Å². The van der Waals surface area contributed by atoms with Gasteiger partial charge in [-0.3, -0.25) is 4.72 Å². The van der Waals surface area contributed by atoms with Gasteiger partial charge in [0.25, 0.3) is 0 Å². The first kappa shape index (κ1) is 10.1. The lowest BCUT2D eigenvalue weighted by Gasteiger charge is -2.14. The molecular formula is C8H13NOS2. The number of hydrogen-bond acceptors (Lipinski definition) is 4. The van der Waals surface area contributed by atoms with Gasteiger partial charge in [0.05, 0.1) is 9.81 Å². The smallest absolute Gasteiger partial charge is 0.0848 e. The third-order valence-electron chi connectivity index (χ3n) is 1.48. The fourth-order valence-corrected chi connectivity index (χ4v) is 2.56. The van der Waals surface area contributed by atoms with Crippen LogP contribution >= 0.6 is 23.3 Å². The van der Waals surface area contributed by atoms with E-state index in [1.165, 1.54) is 4.21 Å². The van der Waals surface area contributed by atoms with Crippen molar-refractivity contribution in [2.75, 3.05) is 7.05 Å². The predicted molar refractivity (Wildman–Crippen MR) is 54.5 cm³/mol. The van der Waals surface area contributed by atoms with Gasteiger partial charge in [0.15, 0.2) is 0 Å². The zero-order valence-electron chi connectivity index (χ0n) is 7.42. The molecule has 0 atom stereocenters. The zero-order valence-corrected chi connectivity index (χ0v) is 9.05. The third-order valence-corrected chi connectivity index (χ3v) is 3.27. The second kappa shape index (κ2) is 3.79. The molecule has 0 aromatic carbocycles. The van der Waals surface area contributed by atoms with Crippen molar-refractivity contribution in [1.82, 2.24) is 4.72 Å². The Morgan fingerprint density at radius 3 is 2.67 bits per heavy atom. The first-order valence-corrected chi connectivity index (χ1v) is 5.38. The normalized spacial score (nSPS) is 12.0. The molecule has 0 bridgehead atoms. The number of rotatable bonds is 3. The van der Waals surface area contributed by atoms with Gasteiger partial charge in [-0.05, 0) is 49.9 Å². The van der Waals surface area contributed by atoms with Crippen molar-refractivity contribution < 1.29 is 5.11 Å². The maximum Gasteiger partial charge on any atom is 0.0848 e. The highest BCUT2D eigenvalue weighted by Crippen LogP contribution is 2.29. The van der Waals surface area contributed by atoms with Crippen molar-refractivity contribution in [3.05, 3.63) is 17.0 Å². The first-order valence-electron chi connectivity index (χ1n) is 3.69. The minimum absolute atomic E-state index is 0.719. The lowest BCUT2D eigenvalue weighted by atomic mass is 10.0. The molecule has 0 saturated carbocycles. The molecule has 1 rings (SSSR count). The van der Waals surface area contributed by atoms with E-state index in [9.17, 15) is 5.11 Å². The Bertz CT molecular complexity index is 252. The van der Waals surface area contributed by atoms with Gasteiger partial charge in [-0.15, -0.1) is 11.3 Å². The van der Waals surface area contributed by atoms with E-state index in [2.05, 4.69) is 4.72 Å². The minimum atomic E-state index is -0.719. The van der Waals surface area contributed by atoms with Gasteiger partial charge in [-0.1, -0.05) is 0 Å². The quantitative estimate of drug-likeness (QED) is 0.739. The maximum absolute atomic E-state index is 9.65. The highest BCUT2D eigenvalue weighted by atomic mass is 32.2. The Balaban J connectivity index is 2.77. The second-order valence-corrected chi connectivity index (χ2v) is 5.24. The Kier molecular flexibility index (Phi) is 3.17. The summed E-state index contributed by atoms with van der Waals surface area (Å²) in [5.74, 6) is 0. The molecule has 0 fully saturated rings. The molecule has 1 heterocycles. The van der Waals surface area contributed by atoms with Crippen LogP contribution < -0.4 is 4.72 Å². The molecule has 0 amide bonds. The van der Waals surface area contributed by atoms with Gasteiger partial charge < -0.3 is 5.11 Å². The number of nitrogens with one attached hydrogen (secondary N) is 1. The maximum atomic E-state index is 9.65. The zero-order chi connectivity index (χ0) is 9.19. The lowest BCUT2D eigenvalue weighted by molar-refractivity contribution is 0.0789. The van der Waals surface area contributed by atoms with E-state index in [1.54, 1.807) is 37.1 Å². The molecule has 0 aliphatic carbocycles. The summed E-state index contributed by atoms with van der Waals surface area (Å²) in [7, 11) is 1.88. The second-order valence-electron chi connectivity index (χ2n) is 3.02. The van der Waals surface area contributed by atoms with Crippen LogP contribution in [0.1, 0.15) is 19.4 Å². The van der Waals surface area contributed by atoms with E-state index >= 15 is 0 Å². The Hall–Kier alpha value is -0.0300. The van der Waals surface area contributed by atoms with Gasteiger partial charge in [0.1, 0.15) is 0 Å². The van der Waals surface area contributed by atoms with Crippen molar-refractivity contribution >= 4 is 23.3 Å². The summed E-state index contributed by atoms with van der Waals surface area (Å²) in [6.07, 6.45) is 0. The van der Waals surface area contributed by atoms with Crippen molar-refractivity contribution in [2.24, 2.45) is 0 Å². The van der Waals surface area contributed by atoms with E-state index in [-0.39, 0.29) is 0 Å². The monoisotopic (exact) mass is 203 g/mol. The van der Waals surface area contributed by atoms with Crippen LogP contribution in [0.4, 0.5) is 0 Å². The van der Waals surface area contributed by atoms with E-state index in [0.717, 1.165) is 5.56 Å². The number of aliphatic hydroxyl groups is 1. The summed E-state index contributed by atoms with van der Waals surface area (Å²) in [6.45, 7) is 3.59. The molecule has 0 spiro atoms. The topological polar surface area (TPSA) is 32.3 Å². The fourth-order valence-electron chi connectivity index (χ4n) is 0.791. The van der Waals surface area contributed by atoms with Crippen molar-refractivity contribution in [1.29, 1.82) is 0 Å². The molecule has 12 heavy (non-hydrogen) atoms. The summed E-state index contributed by atoms with van der Waals surface area (Å²) in [5.41, 5.74) is 0.258. The average Bonchev–Trinajstić information content (AvgIpc) is 2.35. The highest BCUT2D eigenvalue weighted by Gasteiger charge is 2.17. The molecule has 2 N–H and O–H groups in total. The molecule has 0 aliphatic rings. The van der Waals surface area contributed by atoms with Crippen LogP contribution in [0.15, 0.2) is 15.7 Å². The van der Waals surface area contributed by atoms with Crippen LogP contribution in [0.5, 0.6) is 0 Å². The molecule has 2 nitrogen and oxygen atoms in total. The molecular weight excluding hydrogens is 190 g/mol. The van der Waals surface area contributed by atoms with Crippen LogP contribution in [0.2, 0.25) is 0 Å². The summed E-state index contributed by atoms with van der Waals surface area (Å²) < 4.78 is 4.17. The van der Waals surface area contributed by atoms with E-state index in [4.69, 9.17) is 0 Å². The van der Waals surface area contributed by atoms with E-state index in [1.807, 2.05) is 18.5 Å². The summed E-state index contributed by atoms with van der Waals surface area (Å²) in [4.78, 5) is 0. The van der Waals surface area contributed by atoms with Crippen molar-refractivity contribution in [3.63, 3.8) is 0 Å². The molecule has 0 saturated heterocycles. The Morgan fingerprint density at radius 1 is 1.58 bits per heavy atom. The lowest BCUT2D eigenvalue weighted by Crippen LogP contribution is -2.13. The number of thiophene rings is 1. The molecule has 0 unspecified atom stereocenters. The van der Waals surface area contributed by atoms with Crippen LogP contribution in [-0.2, 0) is 5.60 Å². The predicted octanol–water partition coefficient (Wildman–Crippen LogP) is 2.20. The SMILES string of the molecule is CNSc1cc(C(C)(C)O)cs1. The molecule has 0 aliphatic heterocycles. The van der Waals surface area contributed by atoms with Crippen molar-refractivity contribution in [3.8, 4) is 0 Å². The summed E-state index contributed by atoms with van der Waals surface area (Å²) in [6, 6.07) is 2.01. The average molecular weight is 203 g/mol. The highest BCUT2D eigenvalue weighted by molar-refractivity contribution is 7.99. The van der Waals surface area contributed by atoms with Gasteiger partial charge in [-0.2, -0.15) is 0 Å². The molecule has 1 aromatic heterocycles. The van der Waals surface area contributed by atoms with Crippen molar-refractivity contribution in [2.45, 2.75) is 23.7 Å². The molecule has 4 heteroatoms. The summed E-state index contributed by atoms with van der Waals surface area (Å²) in [5, 5.41) is 11.6. The standard InChI is InChI=1S/C8H13NOS2/c1-8(2,10)6-4-7(11-5-6)12-9-3/h4-5,9-10H,1-3H3. The summed E-state index contributed by atoms with van der Waals surface area (Å²) >= 11 is 3.21. The number of hydrogen-bond donors (Lipinski definition) is 2. The Labute approximate surface area is 81.1 Å². The van der Waals surface area contributed by atoms with Gasteiger partial charge in [-0.25, -0.2) is 0 Å². The van der Waals surface area contributed by atoms with Crippen LogP contribution in [0, 0.1) is 0 Å². The van der Waals surface area contributed by atoms with Crippen LogP contribution in [0.3, 0.4) is 0 Å². The Morgan fingerprint density at radius 2 is 2.25 bits per heavy atom. The molecule has 0 radical (unpaired) electrons. The molecule has 68 valence electrons. The van der Waals surface area contributed by atoms with E-state index in [0.29, 0.717) is 0 Å². The van der Waals surface area contributed by atoms with Gasteiger partial charge >= 0.3 is 0 Å². The first-order chi connectivity index (χ1) is 5.54. The fraction of sp³-hybridized carbons (Fsp3) is 0.500. The van der Waals surface area contributed by atoms with Gasteiger partial charge in [0.2, 0.25) is 0 Å². The largest absolute Gasteiger partial charge is 0.386 e. The third kappa shape index (κ3) is 2.48. The van der Waals surface area contributed by atoms with Crippen LogP contribution in [-0.4, -0.2) is 12.2 Å². The minimum Gasteiger partial charge on any atom is -0.386 e. The van der Waals surface area contributed by atoms with E-state index < -0.39 is 5.60 Å².